The number of benzene rings is 1. The number of nitrogens with zero attached hydrogens (tertiary/aromatic N) is 2. The number of anilines is 1. The largest absolute Gasteiger partial charge is 0.491 e. The highest BCUT2D eigenvalue weighted by Gasteiger charge is 2.19. The van der Waals surface area contributed by atoms with Crippen LogP contribution in [0.25, 0.3) is 0 Å². The predicted octanol–water partition coefficient (Wildman–Crippen LogP) is 1.40. The number of methoxy groups -OCH3 is 1. The molecule has 1 aromatic carbocycles. The van der Waals surface area contributed by atoms with Crippen LogP contribution in [0.15, 0.2) is 24.3 Å². The molecule has 0 radical (unpaired) electrons. The van der Waals surface area contributed by atoms with Gasteiger partial charge in [-0.1, -0.05) is 0 Å². The summed E-state index contributed by atoms with van der Waals surface area (Å²) in [5.74, 6) is 0.494. The zero-order valence-corrected chi connectivity index (χ0v) is 13.5. The van der Waals surface area contributed by atoms with E-state index >= 15 is 0 Å². The molecule has 1 aliphatic rings. The minimum Gasteiger partial charge on any atom is -0.491 e. The molecule has 1 saturated heterocycles. The third kappa shape index (κ3) is 5.73. The van der Waals surface area contributed by atoms with Crippen molar-refractivity contribution < 1.29 is 23.1 Å². The Hall–Kier alpha value is -1.79. The Kier molecular flexibility index (Phi) is 5.55. The van der Waals surface area contributed by atoms with Crippen LogP contribution in [0.3, 0.4) is 0 Å². The maximum Gasteiger partial charge on any atom is 0.320 e. The van der Waals surface area contributed by atoms with Gasteiger partial charge in [0, 0.05) is 38.9 Å². The van der Waals surface area contributed by atoms with Crippen LogP contribution in [0.2, 0.25) is 0 Å². The first kappa shape index (κ1) is 13.6. The standard InChI is InChI=1S/C17H26N2O4/c1-3-22-17(20)14-18-8-10-19(11-9-18)15-4-6-16(7-5-15)23-13-12-21-2/h4-7H,3,8-14H2,1-2H3/i2D3. The van der Waals surface area contributed by atoms with Crippen molar-refractivity contribution in [1.82, 2.24) is 4.90 Å². The van der Waals surface area contributed by atoms with E-state index in [9.17, 15) is 4.79 Å². The van der Waals surface area contributed by atoms with E-state index in [-0.39, 0.29) is 19.2 Å². The van der Waals surface area contributed by atoms with Gasteiger partial charge in [0.1, 0.15) is 12.4 Å². The van der Waals surface area contributed by atoms with E-state index in [0.717, 1.165) is 31.9 Å². The van der Waals surface area contributed by atoms with Crippen LogP contribution >= 0.6 is 0 Å². The number of ether oxygens (including phenoxy) is 3. The van der Waals surface area contributed by atoms with Crippen molar-refractivity contribution in [2.24, 2.45) is 0 Å². The van der Waals surface area contributed by atoms with Crippen molar-refractivity contribution in [3.8, 4) is 5.75 Å². The highest BCUT2D eigenvalue weighted by molar-refractivity contribution is 5.71. The van der Waals surface area contributed by atoms with E-state index in [1.54, 1.807) is 0 Å². The Labute approximate surface area is 142 Å². The zero-order chi connectivity index (χ0) is 19.0. The molecule has 0 saturated carbocycles. The summed E-state index contributed by atoms with van der Waals surface area (Å²) in [6.07, 6.45) is 0. The Morgan fingerprint density at radius 3 is 2.57 bits per heavy atom. The summed E-state index contributed by atoms with van der Waals surface area (Å²) in [5, 5.41) is 0. The molecular formula is C17H26N2O4. The Balaban J connectivity index is 1.73. The number of hydrogen-bond donors (Lipinski definition) is 0. The van der Waals surface area contributed by atoms with E-state index in [2.05, 4.69) is 14.5 Å². The number of esters is 1. The summed E-state index contributed by atoms with van der Waals surface area (Å²) in [7, 11) is -2.39. The average molecular weight is 325 g/mol. The molecule has 1 aromatic rings. The molecule has 0 bridgehead atoms. The third-order valence-corrected chi connectivity index (χ3v) is 3.69. The van der Waals surface area contributed by atoms with Gasteiger partial charge in [-0.05, 0) is 31.2 Å². The van der Waals surface area contributed by atoms with Crippen molar-refractivity contribution in [3.63, 3.8) is 0 Å². The van der Waals surface area contributed by atoms with Gasteiger partial charge >= 0.3 is 5.97 Å². The smallest absolute Gasteiger partial charge is 0.320 e. The lowest BCUT2D eigenvalue weighted by Crippen LogP contribution is -2.48. The van der Waals surface area contributed by atoms with Gasteiger partial charge in [-0.15, -0.1) is 0 Å². The van der Waals surface area contributed by atoms with Crippen LogP contribution < -0.4 is 9.64 Å². The first-order valence-corrected chi connectivity index (χ1v) is 7.87. The van der Waals surface area contributed by atoms with Crippen LogP contribution in [0.5, 0.6) is 5.75 Å². The maximum absolute atomic E-state index is 11.5. The maximum atomic E-state index is 11.5. The highest BCUT2D eigenvalue weighted by Crippen LogP contribution is 2.20. The predicted molar refractivity (Wildman–Crippen MR) is 89.1 cm³/mol. The molecular weight excluding hydrogens is 296 g/mol. The van der Waals surface area contributed by atoms with Crippen molar-refractivity contribution in [2.45, 2.75) is 6.92 Å². The number of hydrogen-bond acceptors (Lipinski definition) is 6. The molecule has 128 valence electrons. The van der Waals surface area contributed by atoms with Crippen LogP contribution in [-0.4, -0.2) is 70.5 Å². The van der Waals surface area contributed by atoms with Gasteiger partial charge in [0.2, 0.25) is 0 Å². The summed E-state index contributed by atoms with van der Waals surface area (Å²) in [5.41, 5.74) is 1.09. The normalized spacial score (nSPS) is 18.0. The van der Waals surface area contributed by atoms with Gasteiger partial charge in [0.05, 0.1) is 23.9 Å². The molecule has 6 nitrogen and oxygen atoms in total. The number of rotatable bonds is 8. The molecule has 0 spiro atoms. The lowest BCUT2D eigenvalue weighted by molar-refractivity contribution is -0.144. The fourth-order valence-electron chi connectivity index (χ4n) is 2.51. The van der Waals surface area contributed by atoms with Crippen LogP contribution in [0.4, 0.5) is 5.69 Å². The quantitative estimate of drug-likeness (QED) is 0.532. The first-order valence-electron chi connectivity index (χ1n) is 9.37. The molecule has 0 N–H and O–H groups in total. The van der Waals surface area contributed by atoms with Gasteiger partial charge in [-0.25, -0.2) is 0 Å². The summed E-state index contributed by atoms with van der Waals surface area (Å²) in [4.78, 5) is 15.9. The van der Waals surface area contributed by atoms with E-state index in [0.29, 0.717) is 18.9 Å². The monoisotopic (exact) mass is 325 g/mol. The minimum atomic E-state index is -2.39. The van der Waals surface area contributed by atoms with Gasteiger partial charge in [0.15, 0.2) is 0 Å². The number of piperazine rings is 1. The number of carbonyl (C=O) groups is 1. The van der Waals surface area contributed by atoms with Crippen LogP contribution in [0, 0.1) is 0 Å². The average Bonchev–Trinajstić information content (AvgIpc) is 2.59. The lowest BCUT2D eigenvalue weighted by atomic mass is 10.2. The fraction of sp³-hybridized carbons (Fsp3) is 0.588. The minimum absolute atomic E-state index is 0.0146. The molecule has 23 heavy (non-hydrogen) atoms. The summed E-state index contributed by atoms with van der Waals surface area (Å²) < 4.78 is 36.0. The van der Waals surface area contributed by atoms with Gasteiger partial charge < -0.3 is 19.1 Å². The van der Waals surface area contributed by atoms with Crippen LogP contribution in [0.1, 0.15) is 11.0 Å². The molecule has 1 heterocycles. The van der Waals surface area contributed by atoms with Gasteiger partial charge in [-0.3, -0.25) is 9.69 Å². The number of carbonyl (C=O) groups excluding carboxylic acids is 1. The molecule has 2 rings (SSSR count). The summed E-state index contributed by atoms with van der Waals surface area (Å²) in [6, 6.07) is 7.66. The third-order valence-electron chi connectivity index (χ3n) is 3.69. The Morgan fingerprint density at radius 1 is 1.17 bits per heavy atom. The molecule has 1 aliphatic heterocycles. The second-order valence-electron chi connectivity index (χ2n) is 5.26. The van der Waals surface area contributed by atoms with Crippen molar-refractivity contribution in [1.29, 1.82) is 0 Å². The van der Waals surface area contributed by atoms with Gasteiger partial charge in [-0.2, -0.15) is 0 Å². The molecule has 0 aromatic heterocycles. The highest BCUT2D eigenvalue weighted by atomic mass is 16.5. The fourth-order valence-corrected chi connectivity index (χ4v) is 2.51. The van der Waals surface area contributed by atoms with Gasteiger partial charge in [0.25, 0.3) is 0 Å². The van der Waals surface area contributed by atoms with E-state index in [4.69, 9.17) is 13.6 Å². The zero-order valence-electron chi connectivity index (χ0n) is 16.5. The molecule has 0 aliphatic carbocycles. The summed E-state index contributed by atoms with van der Waals surface area (Å²) >= 11 is 0. The lowest BCUT2D eigenvalue weighted by Gasteiger charge is -2.35. The van der Waals surface area contributed by atoms with Crippen molar-refractivity contribution in [2.75, 3.05) is 64.5 Å². The molecule has 0 unspecified atom stereocenters. The second-order valence-corrected chi connectivity index (χ2v) is 5.26. The van der Waals surface area contributed by atoms with E-state index in [1.165, 1.54) is 0 Å². The Morgan fingerprint density at radius 2 is 1.91 bits per heavy atom. The molecule has 6 heteroatoms. The topological polar surface area (TPSA) is 51.2 Å². The molecule has 0 amide bonds. The Bertz CT molecular complexity index is 558. The SMILES string of the molecule is [2H]C([2H])([2H])OCCOc1ccc(N2CCN(CC(=O)OCC)CC2)cc1. The van der Waals surface area contributed by atoms with Crippen molar-refractivity contribution in [3.05, 3.63) is 24.3 Å². The van der Waals surface area contributed by atoms with Crippen LogP contribution in [-0.2, 0) is 14.3 Å². The van der Waals surface area contributed by atoms with E-state index in [1.807, 2.05) is 31.2 Å². The second kappa shape index (κ2) is 9.37. The van der Waals surface area contributed by atoms with Crippen molar-refractivity contribution >= 4 is 11.7 Å². The molecule has 0 atom stereocenters. The summed E-state index contributed by atoms with van der Waals surface area (Å²) in [6.45, 7) is 6.06. The van der Waals surface area contributed by atoms with E-state index < -0.39 is 7.04 Å². The first-order chi connectivity index (χ1) is 12.4. The molecule has 1 fully saturated rings.